The second-order valence-electron chi connectivity index (χ2n) is 15.1. The van der Waals surface area contributed by atoms with E-state index in [1.165, 1.54) is 69.8 Å². The molecule has 0 saturated heterocycles. The van der Waals surface area contributed by atoms with Crippen LogP contribution in [0.2, 0.25) is 0 Å². The number of hydrogen-bond acceptors (Lipinski definition) is 2. The molecule has 0 spiro atoms. The Balaban J connectivity index is 1.54. The minimum Gasteiger partial charge on any atom is -0.317 e. The predicted molar refractivity (Wildman–Crippen MR) is 138 cm³/mol. The van der Waals surface area contributed by atoms with Crippen LogP contribution < -0.4 is 5.48 Å². The molecule has 4 unspecified atom stereocenters. The van der Waals surface area contributed by atoms with Crippen LogP contribution in [0.25, 0.3) is 0 Å². The largest absolute Gasteiger partial charge is 0.317 e. The maximum atomic E-state index is 9.84. The molecule has 0 heterocycles. The zero-order chi connectivity index (χ0) is 24.0. The van der Waals surface area contributed by atoms with Gasteiger partial charge in [0, 0.05) is 6.54 Å². The van der Waals surface area contributed by atoms with Gasteiger partial charge in [0.1, 0.15) is 0 Å². The summed E-state index contributed by atoms with van der Waals surface area (Å²) in [6, 6.07) is 0. The van der Waals surface area contributed by atoms with E-state index >= 15 is 0 Å². The maximum Gasteiger partial charge on any atom is 0.0267 e. The Morgan fingerprint density at radius 3 is 2.24 bits per heavy atom. The number of nitrogens with one attached hydrogen (secondary N) is 1. The first-order chi connectivity index (χ1) is 15.4. The van der Waals surface area contributed by atoms with Crippen molar-refractivity contribution in [3.8, 4) is 0 Å². The van der Waals surface area contributed by atoms with Crippen molar-refractivity contribution in [1.29, 1.82) is 0 Å². The van der Waals surface area contributed by atoms with Crippen LogP contribution in [0.1, 0.15) is 113 Å². The van der Waals surface area contributed by atoms with Gasteiger partial charge < -0.3 is 5.21 Å². The van der Waals surface area contributed by atoms with Gasteiger partial charge in [-0.05, 0) is 134 Å². The lowest BCUT2D eigenvalue weighted by Gasteiger charge is -2.73. The average molecular weight is 456 g/mol. The molecular formula is C31H53NO. The molecule has 188 valence electrons. The van der Waals surface area contributed by atoms with Gasteiger partial charge in [-0.1, -0.05) is 53.7 Å². The fourth-order valence-corrected chi connectivity index (χ4v) is 11.9. The number of hydroxylamine groups is 1. The molecule has 0 aromatic rings. The van der Waals surface area contributed by atoms with E-state index < -0.39 is 0 Å². The van der Waals surface area contributed by atoms with Crippen molar-refractivity contribution < 1.29 is 5.21 Å². The molecule has 0 radical (unpaired) electrons. The Kier molecular flexibility index (Phi) is 5.60. The van der Waals surface area contributed by atoms with Crippen LogP contribution in [0.4, 0.5) is 0 Å². The van der Waals surface area contributed by atoms with Crippen LogP contribution in [-0.2, 0) is 0 Å². The highest BCUT2D eigenvalue weighted by atomic mass is 16.5. The van der Waals surface area contributed by atoms with E-state index in [2.05, 4.69) is 60.5 Å². The van der Waals surface area contributed by atoms with Crippen molar-refractivity contribution in [3.05, 3.63) is 12.2 Å². The molecule has 5 rings (SSSR count). The zero-order valence-corrected chi connectivity index (χ0v) is 22.9. The fraction of sp³-hybridized carbons (Fsp3) is 0.935. The minimum atomic E-state index is 0.273. The van der Waals surface area contributed by atoms with Crippen LogP contribution >= 0.6 is 0 Å². The lowest BCUT2D eigenvalue weighted by Crippen LogP contribution is -2.66. The van der Waals surface area contributed by atoms with Gasteiger partial charge in [-0.25, -0.2) is 5.48 Å². The Bertz CT molecular complexity index is 803. The molecule has 0 aromatic carbocycles. The summed E-state index contributed by atoms with van der Waals surface area (Å²) >= 11 is 0. The highest BCUT2D eigenvalue weighted by Gasteiger charge is 2.70. The summed E-state index contributed by atoms with van der Waals surface area (Å²) in [5.74, 6) is 4.71. The van der Waals surface area contributed by atoms with Gasteiger partial charge >= 0.3 is 0 Å². The predicted octanol–water partition coefficient (Wildman–Crippen LogP) is 8.26. The van der Waals surface area contributed by atoms with Crippen LogP contribution in [-0.4, -0.2) is 11.8 Å². The van der Waals surface area contributed by atoms with Crippen molar-refractivity contribution in [2.45, 2.75) is 113 Å². The van der Waals surface area contributed by atoms with E-state index in [0.29, 0.717) is 33.5 Å². The van der Waals surface area contributed by atoms with Crippen LogP contribution in [0.5, 0.6) is 0 Å². The standard InChI is InChI=1S/C31H53NO/c1-20(2)22-12-16-31(19-32-33)18-17-29(7)23(26(22)31)9-10-25-28(6)14-11-21(3)27(4,5)24(28)13-15-30(25,29)8/h21-26,32-33H,1,9-19H2,2-8H3/t21-,22-,23?,24?,25?,26?,28-,29+,30+,31+/m0/s1. The molecule has 5 aliphatic carbocycles. The van der Waals surface area contributed by atoms with Gasteiger partial charge in [0.05, 0.1) is 0 Å². The van der Waals surface area contributed by atoms with Gasteiger partial charge in [-0.15, -0.1) is 0 Å². The number of allylic oxidation sites excluding steroid dienone is 1. The zero-order valence-electron chi connectivity index (χ0n) is 22.9. The first kappa shape index (κ1) is 24.4. The van der Waals surface area contributed by atoms with Crippen molar-refractivity contribution in [3.63, 3.8) is 0 Å². The van der Waals surface area contributed by atoms with Gasteiger partial charge in [0.2, 0.25) is 0 Å². The SMILES string of the molecule is C=C(C)[C@@H]1CC[C@]2(CNO)CC[C@]3(C)C(CCC4[C@@]5(C)CC[C@H](C)C(C)(C)C5CC[C@]43C)C12. The highest BCUT2D eigenvalue weighted by molar-refractivity contribution is 5.21. The van der Waals surface area contributed by atoms with Crippen LogP contribution in [0.15, 0.2) is 12.2 Å². The highest BCUT2D eigenvalue weighted by Crippen LogP contribution is 2.77. The van der Waals surface area contributed by atoms with E-state index in [9.17, 15) is 5.21 Å². The Hall–Kier alpha value is -0.340. The minimum absolute atomic E-state index is 0.273. The lowest BCUT2D eigenvalue weighted by molar-refractivity contribution is -0.242. The molecule has 0 aliphatic heterocycles. The molecule has 0 aromatic heterocycles. The molecule has 5 fully saturated rings. The van der Waals surface area contributed by atoms with Gasteiger partial charge in [-0.3, -0.25) is 0 Å². The second kappa shape index (κ2) is 7.58. The summed E-state index contributed by atoms with van der Waals surface area (Å²) < 4.78 is 0. The van der Waals surface area contributed by atoms with Crippen LogP contribution in [0.3, 0.4) is 0 Å². The van der Waals surface area contributed by atoms with Crippen molar-refractivity contribution in [2.75, 3.05) is 6.54 Å². The molecule has 2 heteroatoms. The third-order valence-corrected chi connectivity index (χ3v) is 14.2. The molecule has 33 heavy (non-hydrogen) atoms. The number of hydrogen-bond donors (Lipinski definition) is 2. The van der Waals surface area contributed by atoms with Gasteiger partial charge in [-0.2, -0.15) is 0 Å². The monoisotopic (exact) mass is 455 g/mol. The lowest BCUT2D eigenvalue weighted by atomic mass is 9.32. The molecule has 0 amide bonds. The summed E-state index contributed by atoms with van der Waals surface area (Å²) in [6.07, 6.45) is 13.7. The Labute approximate surface area is 204 Å². The molecule has 2 N–H and O–H groups in total. The van der Waals surface area contributed by atoms with Gasteiger partial charge in [0.25, 0.3) is 0 Å². The number of fused-ring (bicyclic) bond motifs is 7. The Morgan fingerprint density at radius 2 is 1.58 bits per heavy atom. The fourth-order valence-electron chi connectivity index (χ4n) is 11.9. The first-order valence-electron chi connectivity index (χ1n) is 14.4. The summed E-state index contributed by atoms with van der Waals surface area (Å²) in [5, 5.41) is 9.84. The summed E-state index contributed by atoms with van der Waals surface area (Å²) in [7, 11) is 0. The normalized spacial score (nSPS) is 55.2. The van der Waals surface area contributed by atoms with E-state index in [1.807, 2.05) is 0 Å². The molecule has 5 saturated carbocycles. The summed E-state index contributed by atoms with van der Waals surface area (Å²) in [5.41, 5.74) is 6.16. The van der Waals surface area contributed by atoms with Crippen molar-refractivity contribution in [1.82, 2.24) is 5.48 Å². The second-order valence-corrected chi connectivity index (χ2v) is 15.1. The maximum absolute atomic E-state index is 9.84. The number of rotatable bonds is 3. The molecule has 2 nitrogen and oxygen atoms in total. The van der Waals surface area contributed by atoms with E-state index in [4.69, 9.17) is 0 Å². The van der Waals surface area contributed by atoms with Crippen molar-refractivity contribution in [2.24, 2.45) is 62.6 Å². The third-order valence-electron chi connectivity index (χ3n) is 14.2. The topological polar surface area (TPSA) is 32.3 Å². The van der Waals surface area contributed by atoms with Crippen molar-refractivity contribution >= 4 is 0 Å². The van der Waals surface area contributed by atoms with E-state index in [0.717, 1.165) is 30.2 Å². The third kappa shape index (κ3) is 2.98. The quantitative estimate of drug-likeness (QED) is 0.331. The smallest absolute Gasteiger partial charge is 0.0267 e. The Morgan fingerprint density at radius 1 is 0.848 bits per heavy atom. The molecule has 10 atom stereocenters. The molecule has 0 bridgehead atoms. The summed E-state index contributed by atoms with van der Waals surface area (Å²) in [6.45, 7) is 23.5. The van der Waals surface area contributed by atoms with Crippen LogP contribution in [0, 0.1) is 62.6 Å². The van der Waals surface area contributed by atoms with E-state index in [1.54, 1.807) is 0 Å². The van der Waals surface area contributed by atoms with Gasteiger partial charge in [0.15, 0.2) is 0 Å². The molecular weight excluding hydrogens is 402 g/mol. The molecule has 5 aliphatic rings. The first-order valence-corrected chi connectivity index (χ1v) is 14.4. The average Bonchev–Trinajstić information content (AvgIpc) is 3.12. The van der Waals surface area contributed by atoms with E-state index in [-0.39, 0.29) is 5.41 Å². The summed E-state index contributed by atoms with van der Waals surface area (Å²) in [4.78, 5) is 0.